The smallest absolute Gasteiger partial charge is 0.385 e. The second kappa shape index (κ2) is 4.23. The average molecular weight is 262 g/mol. The van der Waals surface area contributed by atoms with Crippen LogP contribution in [0.3, 0.4) is 0 Å². The van der Waals surface area contributed by atoms with E-state index in [-0.39, 0.29) is 11.5 Å². The van der Waals surface area contributed by atoms with Gasteiger partial charge in [0.15, 0.2) is 0 Å². The van der Waals surface area contributed by atoms with Crippen molar-refractivity contribution >= 4 is 0 Å². The van der Waals surface area contributed by atoms with Gasteiger partial charge >= 0.3 is 6.18 Å². The first-order valence-electron chi connectivity index (χ1n) is 5.82. The van der Waals surface area contributed by atoms with E-state index in [1.165, 1.54) is 6.07 Å². The second-order valence-corrected chi connectivity index (χ2v) is 5.07. The fourth-order valence-corrected chi connectivity index (χ4v) is 2.56. The summed E-state index contributed by atoms with van der Waals surface area (Å²) in [6.45, 7) is 1.94. The second-order valence-electron chi connectivity index (χ2n) is 5.07. The first-order valence-corrected chi connectivity index (χ1v) is 5.82. The molecule has 1 nitrogen and oxygen atoms in total. The van der Waals surface area contributed by atoms with Crippen molar-refractivity contribution in [2.45, 2.75) is 38.0 Å². The number of aliphatic hydroxyl groups is 1. The molecule has 1 aliphatic rings. The van der Waals surface area contributed by atoms with Crippen LogP contribution in [0.5, 0.6) is 0 Å². The van der Waals surface area contributed by atoms with E-state index in [4.69, 9.17) is 0 Å². The molecule has 5 heteroatoms. The van der Waals surface area contributed by atoms with Crippen LogP contribution in [0.2, 0.25) is 0 Å². The molecule has 100 valence electrons. The molecule has 1 fully saturated rings. The molecule has 2 rings (SSSR count). The van der Waals surface area contributed by atoms with Crippen molar-refractivity contribution in [1.29, 1.82) is 0 Å². The Labute approximate surface area is 102 Å². The van der Waals surface area contributed by atoms with Crippen molar-refractivity contribution in [1.82, 2.24) is 0 Å². The van der Waals surface area contributed by atoms with Gasteiger partial charge in [0, 0.05) is 0 Å². The molecule has 0 spiro atoms. The van der Waals surface area contributed by atoms with Gasteiger partial charge in [-0.1, -0.05) is 13.0 Å². The predicted octanol–water partition coefficient (Wildman–Crippen LogP) is 3.85. The van der Waals surface area contributed by atoms with Crippen LogP contribution in [0, 0.1) is 11.7 Å². The van der Waals surface area contributed by atoms with E-state index < -0.39 is 23.2 Å². The summed E-state index contributed by atoms with van der Waals surface area (Å²) >= 11 is 0. The van der Waals surface area contributed by atoms with Crippen LogP contribution >= 0.6 is 0 Å². The number of rotatable bonds is 1. The molecule has 0 saturated heterocycles. The third-order valence-electron chi connectivity index (χ3n) is 3.55. The summed E-state index contributed by atoms with van der Waals surface area (Å²) in [5.74, 6) is -1.05. The van der Waals surface area contributed by atoms with E-state index in [0.29, 0.717) is 12.8 Å². The first kappa shape index (κ1) is 13.3. The average Bonchev–Trinajstić information content (AvgIpc) is 2.58. The Kier molecular flexibility index (Phi) is 3.13. The molecular weight excluding hydrogens is 248 g/mol. The zero-order valence-corrected chi connectivity index (χ0v) is 9.89. The summed E-state index contributed by atoms with van der Waals surface area (Å²) in [6.07, 6.45) is -3.15. The molecule has 0 aromatic heterocycles. The minimum atomic E-state index is -4.74. The van der Waals surface area contributed by atoms with Gasteiger partial charge in [-0.2, -0.15) is 13.2 Å². The SMILES string of the molecule is CC1CCC(O)(c2ccc(F)c(C(F)(F)F)c2)C1. The van der Waals surface area contributed by atoms with Gasteiger partial charge in [0.1, 0.15) is 5.82 Å². The summed E-state index contributed by atoms with van der Waals surface area (Å²) in [6, 6.07) is 2.75. The summed E-state index contributed by atoms with van der Waals surface area (Å²) in [7, 11) is 0. The Hall–Kier alpha value is -1.10. The Morgan fingerprint density at radius 2 is 2.00 bits per heavy atom. The highest BCUT2D eigenvalue weighted by atomic mass is 19.4. The lowest BCUT2D eigenvalue weighted by atomic mass is 9.90. The van der Waals surface area contributed by atoms with Gasteiger partial charge in [0.2, 0.25) is 0 Å². The Balaban J connectivity index is 2.42. The van der Waals surface area contributed by atoms with E-state index in [2.05, 4.69) is 0 Å². The minimum absolute atomic E-state index is 0.153. The highest BCUT2D eigenvalue weighted by Gasteiger charge is 2.40. The van der Waals surface area contributed by atoms with E-state index >= 15 is 0 Å². The van der Waals surface area contributed by atoms with E-state index in [1.54, 1.807) is 0 Å². The van der Waals surface area contributed by atoms with Crippen LogP contribution in [0.1, 0.15) is 37.3 Å². The lowest BCUT2D eigenvalue weighted by molar-refractivity contribution is -0.140. The van der Waals surface area contributed by atoms with Gasteiger partial charge in [-0.25, -0.2) is 4.39 Å². The third-order valence-corrected chi connectivity index (χ3v) is 3.55. The van der Waals surface area contributed by atoms with Crippen molar-refractivity contribution in [2.24, 2.45) is 5.92 Å². The molecule has 1 aromatic rings. The highest BCUT2D eigenvalue weighted by Crippen LogP contribution is 2.43. The molecule has 1 saturated carbocycles. The summed E-state index contributed by atoms with van der Waals surface area (Å²) in [5.41, 5.74) is -2.42. The van der Waals surface area contributed by atoms with Crippen molar-refractivity contribution in [3.8, 4) is 0 Å². The Morgan fingerprint density at radius 1 is 1.33 bits per heavy atom. The largest absolute Gasteiger partial charge is 0.419 e. The van der Waals surface area contributed by atoms with Crippen LogP contribution < -0.4 is 0 Å². The zero-order valence-electron chi connectivity index (χ0n) is 9.89. The molecule has 1 aromatic carbocycles. The third kappa shape index (κ3) is 2.36. The standard InChI is InChI=1S/C13H14F4O/c1-8-4-5-12(18,7-8)9-2-3-11(14)10(6-9)13(15,16)17/h2-3,6,8,18H,4-5,7H2,1H3. The quantitative estimate of drug-likeness (QED) is 0.762. The fourth-order valence-electron chi connectivity index (χ4n) is 2.56. The maximum Gasteiger partial charge on any atom is 0.419 e. The van der Waals surface area contributed by atoms with Crippen LogP contribution in [-0.4, -0.2) is 5.11 Å². The van der Waals surface area contributed by atoms with E-state index in [0.717, 1.165) is 18.6 Å². The number of alkyl halides is 3. The zero-order chi connectivity index (χ0) is 13.6. The summed E-state index contributed by atoms with van der Waals surface area (Å²) < 4.78 is 50.9. The Morgan fingerprint density at radius 3 is 2.50 bits per heavy atom. The normalized spacial score (nSPS) is 28.7. The molecule has 0 amide bonds. The van der Waals surface area contributed by atoms with Gasteiger partial charge < -0.3 is 5.11 Å². The molecule has 18 heavy (non-hydrogen) atoms. The molecular formula is C13H14F4O. The summed E-state index contributed by atoms with van der Waals surface area (Å²) in [4.78, 5) is 0. The minimum Gasteiger partial charge on any atom is -0.385 e. The lowest BCUT2D eigenvalue weighted by Gasteiger charge is -2.24. The molecule has 0 radical (unpaired) electrons. The number of halogens is 4. The predicted molar refractivity (Wildman–Crippen MR) is 58.3 cm³/mol. The van der Waals surface area contributed by atoms with Crippen molar-refractivity contribution in [3.63, 3.8) is 0 Å². The topological polar surface area (TPSA) is 20.2 Å². The van der Waals surface area contributed by atoms with Crippen LogP contribution in [-0.2, 0) is 11.8 Å². The van der Waals surface area contributed by atoms with Gasteiger partial charge in [-0.15, -0.1) is 0 Å². The van der Waals surface area contributed by atoms with Gasteiger partial charge in [0.05, 0.1) is 11.2 Å². The molecule has 1 N–H and O–H groups in total. The number of hydrogen-bond acceptors (Lipinski definition) is 1. The lowest BCUT2D eigenvalue weighted by Crippen LogP contribution is -2.23. The highest BCUT2D eigenvalue weighted by molar-refractivity contribution is 5.32. The maximum absolute atomic E-state index is 13.2. The van der Waals surface area contributed by atoms with Gasteiger partial charge in [0.25, 0.3) is 0 Å². The fraction of sp³-hybridized carbons (Fsp3) is 0.538. The molecule has 2 unspecified atom stereocenters. The monoisotopic (exact) mass is 262 g/mol. The molecule has 0 bridgehead atoms. The van der Waals surface area contributed by atoms with Crippen LogP contribution in [0.4, 0.5) is 17.6 Å². The number of hydrogen-bond donors (Lipinski definition) is 1. The number of benzene rings is 1. The molecule has 0 heterocycles. The van der Waals surface area contributed by atoms with Crippen molar-refractivity contribution < 1.29 is 22.7 Å². The van der Waals surface area contributed by atoms with Gasteiger partial charge in [-0.05, 0) is 42.9 Å². The van der Waals surface area contributed by atoms with Crippen LogP contribution in [0.25, 0.3) is 0 Å². The molecule has 1 aliphatic carbocycles. The first-order chi connectivity index (χ1) is 8.22. The van der Waals surface area contributed by atoms with Crippen molar-refractivity contribution in [3.05, 3.63) is 35.1 Å². The van der Waals surface area contributed by atoms with E-state index in [1.807, 2.05) is 6.92 Å². The maximum atomic E-state index is 13.2. The van der Waals surface area contributed by atoms with Crippen molar-refractivity contribution in [2.75, 3.05) is 0 Å². The van der Waals surface area contributed by atoms with Gasteiger partial charge in [-0.3, -0.25) is 0 Å². The molecule has 0 aliphatic heterocycles. The summed E-state index contributed by atoms with van der Waals surface area (Å²) in [5, 5.41) is 10.3. The Bertz CT molecular complexity index is 455. The van der Waals surface area contributed by atoms with E-state index in [9.17, 15) is 22.7 Å². The molecule has 2 atom stereocenters. The van der Waals surface area contributed by atoms with Crippen LogP contribution in [0.15, 0.2) is 18.2 Å².